The standard InChI is InChI=1S/C18H19ClN2O4/c1-10-5-11(2)17(14(19)6-10)20-16(23)9-25-18(24)15-7-13(12(3)22)8-21(15)4/h5-8H,9H2,1-4H3,(H,20,23). The molecule has 25 heavy (non-hydrogen) atoms. The first-order chi connectivity index (χ1) is 11.7. The molecule has 0 saturated carbocycles. The maximum Gasteiger partial charge on any atom is 0.355 e. The molecule has 1 aromatic carbocycles. The SMILES string of the molecule is CC(=O)c1cc(C(=O)OCC(=O)Nc2c(C)cc(C)cc2Cl)n(C)c1. The molecule has 2 rings (SSSR count). The van der Waals surface area contributed by atoms with Gasteiger partial charge in [-0.3, -0.25) is 9.59 Å². The first-order valence-corrected chi connectivity index (χ1v) is 7.98. The van der Waals surface area contributed by atoms with Crippen LogP contribution in [0.1, 0.15) is 38.9 Å². The van der Waals surface area contributed by atoms with Gasteiger partial charge in [0.2, 0.25) is 0 Å². The Morgan fingerprint density at radius 1 is 1.20 bits per heavy atom. The van der Waals surface area contributed by atoms with E-state index in [0.29, 0.717) is 16.3 Å². The molecule has 0 aliphatic carbocycles. The van der Waals surface area contributed by atoms with E-state index in [1.54, 1.807) is 13.1 Å². The highest BCUT2D eigenvalue weighted by Crippen LogP contribution is 2.27. The van der Waals surface area contributed by atoms with Gasteiger partial charge in [-0.2, -0.15) is 0 Å². The molecule has 0 fully saturated rings. The number of carbonyl (C=O) groups excluding carboxylic acids is 3. The summed E-state index contributed by atoms with van der Waals surface area (Å²) in [7, 11) is 1.62. The molecule has 2 aromatic rings. The second-order valence-electron chi connectivity index (χ2n) is 5.84. The van der Waals surface area contributed by atoms with Crippen LogP contribution >= 0.6 is 11.6 Å². The summed E-state index contributed by atoms with van der Waals surface area (Å²) in [5.41, 5.74) is 2.89. The van der Waals surface area contributed by atoms with Crippen molar-refractivity contribution in [2.75, 3.05) is 11.9 Å². The van der Waals surface area contributed by atoms with Gasteiger partial charge in [-0.15, -0.1) is 0 Å². The number of hydrogen-bond donors (Lipinski definition) is 1. The second-order valence-corrected chi connectivity index (χ2v) is 6.25. The van der Waals surface area contributed by atoms with Gasteiger partial charge in [0, 0.05) is 18.8 Å². The van der Waals surface area contributed by atoms with Gasteiger partial charge in [0.25, 0.3) is 5.91 Å². The highest BCUT2D eigenvalue weighted by molar-refractivity contribution is 6.34. The molecule has 1 amide bonds. The fourth-order valence-electron chi connectivity index (χ4n) is 2.41. The van der Waals surface area contributed by atoms with Crippen molar-refractivity contribution in [1.29, 1.82) is 0 Å². The van der Waals surface area contributed by atoms with Crippen LogP contribution in [0.5, 0.6) is 0 Å². The van der Waals surface area contributed by atoms with Crippen LogP contribution in [0.25, 0.3) is 0 Å². The van der Waals surface area contributed by atoms with Gasteiger partial charge in [0.15, 0.2) is 12.4 Å². The number of aromatic nitrogens is 1. The van der Waals surface area contributed by atoms with E-state index in [1.165, 1.54) is 23.8 Å². The molecule has 1 aromatic heterocycles. The Hall–Kier alpha value is -2.60. The minimum Gasteiger partial charge on any atom is -0.451 e. The number of aryl methyl sites for hydroxylation is 3. The zero-order valence-electron chi connectivity index (χ0n) is 14.5. The zero-order chi connectivity index (χ0) is 18.7. The Bertz CT molecular complexity index is 832. The van der Waals surface area contributed by atoms with E-state index in [9.17, 15) is 14.4 Å². The van der Waals surface area contributed by atoms with Gasteiger partial charge in [-0.05, 0) is 44.0 Å². The Morgan fingerprint density at radius 3 is 2.44 bits per heavy atom. The molecule has 0 aliphatic heterocycles. The van der Waals surface area contributed by atoms with Gasteiger partial charge in [-0.1, -0.05) is 17.7 Å². The van der Waals surface area contributed by atoms with E-state index in [4.69, 9.17) is 16.3 Å². The molecule has 132 valence electrons. The summed E-state index contributed by atoms with van der Waals surface area (Å²) in [5, 5.41) is 3.06. The molecule has 0 aliphatic rings. The monoisotopic (exact) mass is 362 g/mol. The molecule has 7 heteroatoms. The third-order valence-corrected chi connectivity index (χ3v) is 3.95. The Kier molecular flexibility index (Phi) is 5.64. The molecular weight excluding hydrogens is 344 g/mol. The van der Waals surface area contributed by atoms with Crippen molar-refractivity contribution in [2.24, 2.45) is 7.05 Å². The molecule has 0 saturated heterocycles. The summed E-state index contributed by atoms with van der Waals surface area (Å²) >= 11 is 6.13. The van der Waals surface area contributed by atoms with Crippen LogP contribution in [0.4, 0.5) is 5.69 Å². The second kappa shape index (κ2) is 7.53. The van der Waals surface area contributed by atoms with Crippen molar-refractivity contribution in [3.05, 3.63) is 51.8 Å². The minimum atomic E-state index is -0.683. The number of carbonyl (C=O) groups is 3. The summed E-state index contributed by atoms with van der Waals surface area (Å²) in [6.07, 6.45) is 1.54. The molecule has 0 bridgehead atoms. The normalized spacial score (nSPS) is 10.4. The lowest BCUT2D eigenvalue weighted by Gasteiger charge is -2.12. The third kappa shape index (κ3) is 4.48. The van der Waals surface area contributed by atoms with Crippen LogP contribution in [0, 0.1) is 13.8 Å². The lowest BCUT2D eigenvalue weighted by atomic mass is 10.1. The highest BCUT2D eigenvalue weighted by atomic mass is 35.5. The summed E-state index contributed by atoms with van der Waals surface area (Å²) in [5.74, 6) is -1.34. The number of ether oxygens (including phenoxy) is 1. The Morgan fingerprint density at radius 2 is 1.88 bits per heavy atom. The molecule has 0 unspecified atom stereocenters. The van der Waals surface area contributed by atoms with Crippen LogP contribution in [0.2, 0.25) is 5.02 Å². The van der Waals surface area contributed by atoms with Crippen molar-refractivity contribution < 1.29 is 19.1 Å². The maximum atomic E-state index is 12.1. The predicted octanol–water partition coefficient (Wildman–Crippen LogP) is 3.29. The van der Waals surface area contributed by atoms with Crippen molar-refractivity contribution in [3.63, 3.8) is 0 Å². The number of halogens is 1. The van der Waals surface area contributed by atoms with Gasteiger partial charge in [0.1, 0.15) is 5.69 Å². The molecule has 1 N–H and O–H groups in total. The lowest BCUT2D eigenvalue weighted by molar-refractivity contribution is -0.119. The zero-order valence-corrected chi connectivity index (χ0v) is 15.2. The van der Waals surface area contributed by atoms with Crippen LogP contribution in [-0.2, 0) is 16.6 Å². The number of esters is 1. The number of benzene rings is 1. The third-order valence-electron chi connectivity index (χ3n) is 3.65. The number of ketones is 1. The van der Waals surface area contributed by atoms with Gasteiger partial charge >= 0.3 is 5.97 Å². The van der Waals surface area contributed by atoms with Crippen molar-refractivity contribution >= 4 is 34.9 Å². The summed E-state index contributed by atoms with van der Waals surface area (Å²) < 4.78 is 6.50. The molecule has 0 radical (unpaired) electrons. The Labute approximate surface area is 150 Å². The Balaban J connectivity index is 2.01. The summed E-state index contributed by atoms with van der Waals surface area (Å²) in [6, 6.07) is 5.06. The lowest BCUT2D eigenvalue weighted by Crippen LogP contribution is -2.22. The topological polar surface area (TPSA) is 77.4 Å². The van der Waals surface area contributed by atoms with E-state index >= 15 is 0 Å². The quantitative estimate of drug-likeness (QED) is 0.654. The van der Waals surface area contributed by atoms with E-state index in [0.717, 1.165) is 11.1 Å². The number of nitrogens with one attached hydrogen (secondary N) is 1. The maximum absolute atomic E-state index is 12.1. The van der Waals surface area contributed by atoms with Gasteiger partial charge < -0.3 is 14.6 Å². The fourth-order valence-corrected chi connectivity index (χ4v) is 2.78. The largest absolute Gasteiger partial charge is 0.451 e. The average molecular weight is 363 g/mol. The van der Waals surface area contributed by atoms with E-state index in [-0.39, 0.29) is 11.5 Å². The smallest absolute Gasteiger partial charge is 0.355 e. The molecule has 1 heterocycles. The molecular formula is C18H19ClN2O4. The first-order valence-electron chi connectivity index (χ1n) is 7.60. The highest BCUT2D eigenvalue weighted by Gasteiger charge is 2.17. The molecule has 0 spiro atoms. The van der Waals surface area contributed by atoms with Gasteiger partial charge in [0.05, 0.1) is 10.7 Å². The number of anilines is 1. The van der Waals surface area contributed by atoms with Crippen molar-refractivity contribution in [1.82, 2.24) is 4.57 Å². The van der Waals surface area contributed by atoms with Crippen molar-refractivity contribution in [2.45, 2.75) is 20.8 Å². The van der Waals surface area contributed by atoms with Crippen LogP contribution < -0.4 is 5.32 Å². The minimum absolute atomic E-state index is 0.156. The molecule has 6 nitrogen and oxygen atoms in total. The number of hydrogen-bond acceptors (Lipinski definition) is 4. The number of nitrogens with zero attached hydrogens (tertiary/aromatic N) is 1. The number of rotatable bonds is 5. The predicted molar refractivity (Wildman–Crippen MR) is 95.3 cm³/mol. The van der Waals surface area contributed by atoms with Gasteiger partial charge in [-0.25, -0.2) is 4.79 Å². The van der Waals surface area contributed by atoms with E-state index in [1.807, 2.05) is 19.9 Å². The van der Waals surface area contributed by atoms with Crippen LogP contribution in [0.15, 0.2) is 24.4 Å². The van der Waals surface area contributed by atoms with Crippen LogP contribution in [0.3, 0.4) is 0 Å². The fraction of sp³-hybridized carbons (Fsp3) is 0.278. The number of Topliss-reactive ketones (excluding diaryl/α,β-unsaturated/α-hetero) is 1. The molecule has 0 atom stereocenters. The van der Waals surface area contributed by atoms with E-state index in [2.05, 4.69) is 5.32 Å². The van der Waals surface area contributed by atoms with Crippen molar-refractivity contribution in [3.8, 4) is 0 Å². The van der Waals surface area contributed by atoms with Crippen LogP contribution in [-0.4, -0.2) is 28.8 Å². The first kappa shape index (κ1) is 18.7. The summed E-state index contributed by atoms with van der Waals surface area (Å²) in [6.45, 7) is 4.68. The average Bonchev–Trinajstić information content (AvgIpc) is 2.90. The number of amides is 1. The summed E-state index contributed by atoms with van der Waals surface area (Å²) in [4.78, 5) is 35.5. The van der Waals surface area contributed by atoms with E-state index < -0.39 is 18.5 Å².